The molecular weight excluding hydrogens is 310 g/mol. The molecule has 0 radical (unpaired) electrons. The van der Waals surface area contributed by atoms with Gasteiger partial charge in [0, 0.05) is 19.0 Å². The first-order valence-corrected chi connectivity index (χ1v) is 8.58. The van der Waals surface area contributed by atoms with Gasteiger partial charge in [0.1, 0.15) is 5.25 Å². The lowest BCUT2D eigenvalue weighted by Gasteiger charge is -2.19. The fourth-order valence-corrected chi connectivity index (χ4v) is 3.47. The molecule has 0 saturated carbocycles. The van der Waals surface area contributed by atoms with E-state index in [9.17, 15) is 4.79 Å². The van der Waals surface area contributed by atoms with E-state index in [-0.39, 0.29) is 16.6 Å². The predicted molar refractivity (Wildman–Crippen MR) is 90.4 cm³/mol. The fourth-order valence-electron chi connectivity index (χ4n) is 2.50. The van der Waals surface area contributed by atoms with Gasteiger partial charge < -0.3 is 9.30 Å². The monoisotopic (exact) mass is 331 g/mol. The van der Waals surface area contributed by atoms with Gasteiger partial charge in [0.2, 0.25) is 0 Å². The van der Waals surface area contributed by atoms with Gasteiger partial charge >= 0.3 is 5.97 Å². The summed E-state index contributed by atoms with van der Waals surface area (Å²) in [5, 5.41) is 9.08. The molecule has 1 fully saturated rings. The molecule has 1 atom stereocenters. The van der Waals surface area contributed by atoms with Crippen molar-refractivity contribution < 1.29 is 9.53 Å². The van der Waals surface area contributed by atoms with Gasteiger partial charge in [0.15, 0.2) is 11.0 Å². The van der Waals surface area contributed by atoms with Gasteiger partial charge in [-0.1, -0.05) is 56.8 Å². The fraction of sp³-hybridized carbons (Fsp3) is 0.471. The van der Waals surface area contributed by atoms with E-state index in [1.165, 1.54) is 17.3 Å². The molecule has 1 aromatic heterocycles. The van der Waals surface area contributed by atoms with Gasteiger partial charge in [-0.3, -0.25) is 4.79 Å². The quantitative estimate of drug-likeness (QED) is 0.809. The van der Waals surface area contributed by atoms with E-state index in [0.29, 0.717) is 6.61 Å². The lowest BCUT2D eigenvalue weighted by molar-refractivity contribution is -0.137. The highest BCUT2D eigenvalue weighted by Gasteiger charge is 2.29. The van der Waals surface area contributed by atoms with E-state index in [0.717, 1.165) is 23.0 Å². The summed E-state index contributed by atoms with van der Waals surface area (Å²) in [4.78, 5) is 11.6. The van der Waals surface area contributed by atoms with Crippen molar-refractivity contribution in [2.45, 2.75) is 43.0 Å². The molecular formula is C17H21N3O2S. The Kier molecular flexibility index (Phi) is 4.19. The van der Waals surface area contributed by atoms with Crippen LogP contribution in [0.3, 0.4) is 0 Å². The second kappa shape index (κ2) is 6.00. The molecule has 1 saturated heterocycles. The number of esters is 1. The van der Waals surface area contributed by atoms with Crippen LogP contribution < -0.4 is 0 Å². The number of carbonyl (C=O) groups is 1. The summed E-state index contributed by atoms with van der Waals surface area (Å²) in [6.45, 7) is 7.08. The number of benzene rings is 1. The van der Waals surface area contributed by atoms with E-state index >= 15 is 0 Å². The van der Waals surface area contributed by atoms with Gasteiger partial charge in [0.25, 0.3) is 0 Å². The zero-order chi connectivity index (χ0) is 16.6. The van der Waals surface area contributed by atoms with Crippen LogP contribution in [0.2, 0.25) is 0 Å². The average Bonchev–Trinajstić information content (AvgIpc) is 3.06. The number of cyclic esters (lactones) is 1. The first-order valence-electron chi connectivity index (χ1n) is 7.70. The lowest BCUT2D eigenvalue weighted by Crippen LogP contribution is -2.11. The normalized spacial score (nSPS) is 18.3. The van der Waals surface area contributed by atoms with Gasteiger partial charge in [-0.2, -0.15) is 0 Å². The molecule has 0 unspecified atom stereocenters. The van der Waals surface area contributed by atoms with E-state index < -0.39 is 0 Å². The maximum Gasteiger partial charge on any atom is 0.319 e. The number of thioether (sulfide) groups is 1. The summed E-state index contributed by atoms with van der Waals surface area (Å²) in [5.74, 6) is 0.647. The van der Waals surface area contributed by atoms with Crippen LogP contribution in [0.1, 0.15) is 32.8 Å². The van der Waals surface area contributed by atoms with Crippen molar-refractivity contribution in [3.63, 3.8) is 0 Å². The minimum Gasteiger partial charge on any atom is -0.465 e. The topological polar surface area (TPSA) is 57.0 Å². The van der Waals surface area contributed by atoms with Gasteiger partial charge in [-0.15, -0.1) is 10.2 Å². The van der Waals surface area contributed by atoms with Crippen molar-refractivity contribution in [3.8, 4) is 11.4 Å². The largest absolute Gasteiger partial charge is 0.465 e. The summed E-state index contributed by atoms with van der Waals surface area (Å²) in [6.07, 6.45) is 0.728. The molecule has 2 aromatic rings. The molecule has 23 heavy (non-hydrogen) atoms. The SMILES string of the molecule is Cn1c(S[C@@H]2CCOC2=O)nnc1-c1ccc(C(C)(C)C)cc1. The molecule has 5 nitrogen and oxygen atoms in total. The van der Waals surface area contributed by atoms with Crippen LogP contribution in [-0.2, 0) is 22.0 Å². The standard InChI is InChI=1S/C17H21N3O2S/c1-17(2,3)12-7-5-11(6-8-12)14-18-19-16(20(14)4)23-13-9-10-22-15(13)21/h5-8,13H,9-10H2,1-4H3/t13-/m1/s1. The summed E-state index contributed by atoms with van der Waals surface area (Å²) in [5.41, 5.74) is 2.43. The minimum absolute atomic E-state index is 0.127. The second-order valence-electron chi connectivity index (χ2n) is 6.76. The van der Waals surface area contributed by atoms with Crippen LogP contribution in [0.4, 0.5) is 0 Å². The molecule has 6 heteroatoms. The highest BCUT2D eigenvalue weighted by Crippen LogP contribution is 2.31. The highest BCUT2D eigenvalue weighted by atomic mass is 32.2. The average molecular weight is 331 g/mol. The van der Waals surface area contributed by atoms with Crippen molar-refractivity contribution >= 4 is 17.7 Å². The number of ether oxygens (including phenoxy) is 1. The van der Waals surface area contributed by atoms with E-state index in [2.05, 4.69) is 55.2 Å². The second-order valence-corrected chi connectivity index (χ2v) is 7.93. The van der Waals surface area contributed by atoms with Crippen molar-refractivity contribution in [1.29, 1.82) is 0 Å². The van der Waals surface area contributed by atoms with E-state index in [4.69, 9.17) is 4.74 Å². The molecule has 1 aliphatic heterocycles. The van der Waals surface area contributed by atoms with Crippen molar-refractivity contribution in [3.05, 3.63) is 29.8 Å². The molecule has 0 amide bonds. The van der Waals surface area contributed by atoms with Crippen LogP contribution >= 0.6 is 11.8 Å². The first kappa shape index (κ1) is 16.1. The Morgan fingerprint density at radius 3 is 2.48 bits per heavy atom. The third-order valence-electron chi connectivity index (χ3n) is 3.98. The van der Waals surface area contributed by atoms with Crippen molar-refractivity contribution in [2.24, 2.45) is 7.05 Å². The molecule has 0 spiro atoms. The Bertz CT molecular complexity index is 716. The maximum atomic E-state index is 11.6. The zero-order valence-corrected chi connectivity index (χ0v) is 14.7. The van der Waals surface area contributed by atoms with Gasteiger partial charge in [-0.05, 0) is 11.0 Å². The molecule has 0 aliphatic carbocycles. The number of nitrogens with zero attached hydrogens (tertiary/aromatic N) is 3. The summed E-state index contributed by atoms with van der Waals surface area (Å²) < 4.78 is 6.93. The number of hydrogen-bond acceptors (Lipinski definition) is 5. The third kappa shape index (κ3) is 3.27. The molecule has 1 aromatic carbocycles. The van der Waals surface area contributed by atoms with Crippen LogP contribution in [0.5, 0.6) is 0 Å². The molecule has 122 valence electrons. The molecule has 2 heterocycles. The smallest absolute Gasteiger partial charge is 0.319 e. The Morgan fingerprint density at radius 1 is 1.22 bits per heavy atom. The van der Waals surface area contributed by atoms with Crippen LogP contribution in [-0.4, -0.2) is 32.6 Å². The molecule has 0 bridgehead atoms. The Labute approximate surface area is 140 Å². The number of aromatic nitrogens is 3. The Hall–Kier alpha value is -1.82. The first-order chi connectivity index (χ1) is 10.9. The number of hydrogen-bond donors (Lipinski definition) is 0. The van der Waals surface area contributed by atoms with Crippen LogP contribution in [0.15, 0.2) is 29.4 Å². The summed E-state index contributed by atoms with van der Waals surface area (Å²) >= 11 is 1.42. The Morgan fingerprint density at radius 2 is 1.91 bits per heavy atom. The molecule has 0 N–H and O–H groups in total. The van der Waals surface area contributed by atoms with E-state index in [1.807, 2.05) is 11.6 Å². The Balaban J connectivity index is 1.82. The maximum absolute atomic E-state index is 11.6. The van der Waals surface area contributed by atoms with Crippen molar-refractivity contribution in [1.82, 2.24) is 14.8 Å². The molecule has 1 aliphatic rings. The van der Waals surface area contributed by atoms with E-state index in [1.54, 1.807) is 0 Å². The van der Waals surface area contributed by atoms with Crippen LogP contribution in [0.25, 0.3) is 11.4 Å². The number of rotatable bonds is 3. The highest BCUT2D eigenvalue weighted by molar-refractivity contribution is 8.00. The summed E-state index contributed by atoms with van der Waals surface area (Å²) in [6, 6.07) is 8.40. The lowest BCUT2D eigenvalue weighted by atomic mass is 9.87. The van der Waals surface area contributed by atoms with Gasteiger partial charge in [-0.25, -0.2) is 0 Å². The van der Waals surface area contributed by atoms with Gasteiger partial charge in [0.05, 0.1) is 6.61 Å². The summed E-state index contributed by atoms with van der Waals surface area (Å²) in [7, 11) is 1.93. The van der Waals surface area contributed by atoms with Crippen molar-refractivity contribution in [2.75, 3.05) is 6.61 Å². The molecule has 3 rings (SSSR count). The zero-order valence-electron chi connectivity index (χ0n) is 13.9. The predicted octanol–water partition coefficient (Wildman–Crippen LogP) is 3.19. The minimum atomic E-state index is -0.172. The van der Waals surface area contributed by atoms with Crippen LogP contribution in [0, 0.1) is 0 Å². The third-order valence-corrected chi connectivity index (χ3v) is 5.26. The number of carbonyl (C=O) groups excluding carboxylic acids is 1.